The molecule has 1 unspecified atom stereocenters. The number of nitrogens with two attached hydrogens (primary N) is 1. The minimum absolute atomic E-state index is 0.00387. The highest BCUT2D eigenvalue weighted by Gasteiger charge is 2.44. The first-order valence-electron chi connectivity index (χ1n) is 11.9. The number of hydrogen-bond donors (Lipinski definition) is 1. The van der Waals surface area contributed by atoms with Crippen molar-refractivity contribution in [2.24, 2.45) is 5.73 Å². The van der Waals surface area contributed by atoms with Crippen molar-refractivity contribution in [1.29, 1.82) is 0 Å². The lowest BCUT2D eigenvalue weighted by atomic mass is 9.96. The number of likely N-dealkylation sites (tertiary alicyclic amines) is 2. The van der Waals surface area contributed by atoms with Gasteiger partial charge in [-0.25, -0.2) is 4.98 Å². The van der Waals surface area contributed by atoms with Gasteiger partial charge < -0.3 is 20.0 Å². The van der Waals surface area contributed by atoms with Gasteiger partial charge >= 0.3 is 5.91 Å². The van der Waals surface area contributed by atoms with Crippen molar-refractivity contribution in [3.05, 3.63) is 89.6 Å². The van der Waals surface area contributed by atoms with Crippen LogP contribution in [0, 0.1) is 0 Å². The van der Waals surface area contributed by atoms with E-state index in [0.717, 1.165) is 12.0 Å². The molecule has 34 heavy (non-hydrogen) atoms. The van der Waals surface area contributed by atoms with Crippen LogP contribution in [-0.4, -0.2) is 52.3 Å². The Morgan fingerprint density at radius 1 is 1.00 bits per heavy atom. The van der Waals surface area contributed by atoms with Crippen LogP contribution in [0.25, 0.3) is 0 Å². The molecule has 1 aromatic heterocycles. The van der Waals surface area contributed by atoms with Crippen molar-refractivity contribution in [2.75, 3.05) is 19.6 Å². The second-order valence-electron chi connectivity index (χ2n) is 9.35. The van der Waals surface area contributed by atoms with Crippen molar-refractivity contribution < 1.29 is 14.0 Å². The quantitative estimate of drug-likeness (QED) is 0.629. The summed E-state index contributed by atoms with van der Waals surface area (Å²) in [7, 11) is 0. The summed E-state index contributed by atoms with van der Waals surface area (Å²) in [5, 5.41) is 0. The SMILES string of the molecule is C[C@H](N)c1cnc(C(=O)N2C[C@@H](c3ccccc3)C[C@H]2C(=O)N2CCC(c3ccccc3)C2)o1. The molecule has 4 atom stereocenters. The maximum Gasteiger partial charge on any atom is 0.310 e. The van der Waals surface area contributed by atoms with E-state index >= 15 is 0 Å². The van der Waals surface area contributed by atoms with Crippen LogP contribution in [0.2, 0.25) is 0 Å². The molecule has 2 amide bonds. The van der Waals surface area contributed by atoms with E-state index in [4.69, 9.17) is 10.2 Å². The van der Waals surface area contributed by atoms with Gasteiger partial charge in [0.1, 0.15) is 11.8 Å². The lowest BCUT2D eigenvalue weighted by molar-refractivity contribution is -0.134. The van der Waals surface area contributed by atoms with E-state index in [1.165, 1.54) is 11.8 Å². The molecule has 176 valence electrons. The van der Waals surface area contributed by atoms with Gasteiger partial charge in [0.05, 0.1) is 12.2 Å². The van der Waals surface area contributed by atoms with Gasteiger partial charge in [-0.3, -0.25) is 9.59 Å². The van der Waals surface area contributed by atoms with Gasteiger partial charge in [-0.05, 0) is 30.9 Å². The minimum atomic E-state index is -0.544. The molecule has 7 nitrogen and oxygen atoms in total. The lowest BCUT2D eigenvalue weighted by Gasteiger charge is -2.27. The molecule has 0 aliphatic carbocycles. The Hall–Kier alpha value is -3.45. The largest absolute Gasteiger partial charge is 0.436 e. The number of benzene rings is 2. The molecule has 7 heteroatoms. The molecule has 3 aromatic rings. The zero-order valence-electron chi connectivity index (χ0n) is 19.3. The molecule has 2 fully saturated rings. The summed E-state index contributed by atoms with van der Waals surface area (Å²) >= 11 is 0. The number of nitrogens with zero attached hydrogens (tertiary/aromatic N) is 3. The van der Waals surface area contributed by atoms with Crippen molar-refractivity contribution in [3.63, 3.8) is 0 Å². The first-order valence-corrected chi connectivity index (χ1v) is 11.9. The van der Waals surface area contributed by atoms with E-state index in [-0.39, 0.29) is 29.7 Å². The fraction of sp³-hybridized carbons (Fsp3) is 0.370. The highest BCUT2D eigenvalue weighted by Crippen LogP contribution is 2.35. The summed E-state index contributed by atoms with van der Waals surface area (Å²) in [4.78, 5) is 34.9. The highest BCUT2D eigenvalue weighted by molar-refractivity contribution is 5.95. The van der Waals surface area contributed by atoms with Crippen LogP contribution in [0.5, 0.6) is 0 Å². The topological polar surface area (TPSA) is 92.7 Å². The summed E-state index contributed by atoms with van der Waals surface area (Å²) in [5.74, 6) is 0.486. The fourth-order valence-electron chi connectivity index (χ4n) is 5.15. The minimum Gasteiger partial charge on any atom is -0.436 e. The van der Waals surface area contributed by atoms with Crippen LogP contribution in [0.3, 0.4) is 0 Å². The number of oxazole rings is 1. The number of aromatic nitrogens is 1. The monoisotopic (exact) mass is 458 g/mol. The molecule has 0 spiro atoms. The number of amides is 2. The first-order chi connectivity index (χ1) is 16.5. The van der Waals surface area contributed by atoms with Crippen LogP contribution >= 0.6 is 0 Å². The number of carbonyl (C=O) groups is 2. The number of rotatable bonds is 5. The number of hydrogen-bond acceptors (Lipinski definition) is 5. The van der Waals surface area contributed by atoms with E-state index in [1.54, 1.807) is 11.8 Å². The summed E-state index contributed by atoms with van der Waals surface area (Å²) < 4.78 is 5.64. The second kappa shape index (κ2) is 9.43. The van der Waals surface area contributed by atoms with Crippen molar-refractivity contribution in [2.45, 2.75) is 43.7 Å². The van der Waals surface area contributed by atoms with Gasteiger partial charge in [-0.1, -0.05) is 60.7 Å². The average molecular weight is 459 g/mol. The molecule has 2 aliphatic heterocycles. The van der Waals surface area contributed by atoms with E-state index < -0.39 is 6.04 Å². The number of carbonyl (C=O) groups excluding carboxylic acids is 2. The van der Waals surface area contributed by atoms with Gasteiger partial charge in [0.15, 0.2) is 0 Å². The molecule has 2 N–H and O–H groups in total. The Morgan fingerprint density at radius 3 is 2.26 bits per heavy atom. The first kappa shape index (κ1) is 22.3. The lowest BCUT2D eigenvalue weighted by Crippen LogP contribution is -2.47. The second-order valence-corrected chi connectivity index (χ2v) is 9.35. The average Bonchev–Trinajstić information content (AvgIpc) is 3.64. The Balaban J connectivity index is 1.38. The van der Waals surface area contributed by atoms with Gasteiger partial charge in [0.25, 0.3) is 5.89 Å². The Kier molecular flexibility index (Phi) is 6.20. The molecule has 0 radical (unpaired) electrons. The van der Waals surface area contributed by atoms with Crippen LogP contribution in [-0.2, 0) is 4.79 Å². The third-order valence-electron chi connectivity index (χ3n) is 7.04. The van der Waals surface area contributed by atoms with E-state index in [2.05, 4.69) is 29.2 Å². The molecule has 5 rings (SSSR count). The van der Waals surface area contributed by atoms with E-state index in [1.807, 2.05) is 41.3 Å². The van der Waals surface area contributed by atoms with Crippen LogP contribution in [0.15, 0.2) is 71.3 Å². The molecular formula is C27H30N4O3. The third-order valence-corrected chi connectivity index (χ3v) is 7.04. The van der Waals surface area contributed by atoms with Crippen LogP contribution in [0.4, 0.5) is 0 Å². The standard InChI is InChI=1S/C27H30N4O3/c1-18(28)24-15-29-25(34-24)27(33)31-17-22(20-10-6-3-7-11-20)14-23(31)26(32)30-13-12-21(16-30)19-8-4-2-5-9-19/h2-11,15,18,21-23H,12-14,16-17,28H2,1H3/t18-,21?,22-,23-/m0/s1. The smallest absolute Gasteiger partial charge is 0.310 e. The predicted molar refractivity (Wildman–Crippen MR) is 128 cm³/mol. The zero-order chi connectivity index (χ0) is 23.7. The van der Waals surface area contributed by atoms with Crippen molar-refractivity contribution >= 4 is 11.8 Å². The maximum absolute atomic E-state index is 13.7. The maximum atomic E-state index is 13.7. The van der Waals surface area contributed by atoms with Crippen molar-refractivity contribution in [1.82, 2.24) is 14.8 Å². The predicted octanol–water partition coefficient (Wildman–Crippen LogP) is 3.71. The van der Waals surface area contributed by atoms with Gasteiger partial charge in [0.2, 0.25) is 5.91 Å². The fourth-order valence-corrected chi connectivity index (χ4v) is 5.15. The Bertz CT molecular complexity index is 1140. The molecule has 0 bridgehead atoms. The molecular weight excluding hydrogens is 428 g/mol. The molecule has 3 heterocycles. The molecule has 2 aromatic carbocycles. The summed E-state index contributed by atoms with van der Waals surface area (Å²) in [6.45, 7) is 3.59. The highest BCUT2D eigenvalue weighted by atomic mass is 16.4. The van der Waals surface area contributed by atoms with Crippen LogP contribution < -0.4 is 5.73 Å². The van der Waals surface area contributed by atoms with Crippen molar-refractivity contribution in [3.8, 4) is 0 Å². The normalized spacial score (nSPS) is 23.3. The van der Waals surface area contributed by atoms with Gasteiger partial charge in [0, 0.05) is 31.5 Å². The van der Waals surface area contributed by atoms with Crippen LogP contribution in [0.1, 0.15) is 65.2 Å². The Labute approximate surface area is 199 Å². The zero-order valence-corrected chi connectivity index (χ0v) is 19.3. The molecule has 0 saturated carbocycles. The molecule has 2 saturated heterocycles. The molecule has 2 aliphatic rings. The van der Waals surface area contributed by atoms with E-state index in [9.17, 15) is 9.59 Å². The van der Waals surface area contributed by atoms with Gasteiger partial charge in [-0.15, -0.1) is 0 Å². The summed E-state index contributed by atoms with van der Waals surface area (Å²) in [5.41, 5.74) is 8.26. The summed E-state index contributed by atoms with van der Waals surface area (Å²) in [6, 6.07) is 19.5. The third kappa shape index (κ3) is 4.35. The van der Waals surface area contributed by atoms with E-state index in [0.29, 0.717) is 37.7 Å². The summed E-state index contributed by atoms with van der Waals surface area (Å²) in [6.07, 6.45) is 3.00. The van der Waals surface area contributed by atoms with Gasteiger partial charge in [-0.2, -0.15) is 0 Å². The Morgan fingerprint density at radius 2 is 1.65 bits per heavy atom.